The van der Waals surface area contributed by atoms with E-state index in [1.807, 2.05) is 0 Å². The minimum absolute atomic E-state index is 0.367. The molecule has 0 aliphatic carbocycles. The number of nitrogens with two attached hydrogens (primary N) is 1. The zero-order valence-corrected chi connectivity index (χ0v) is 9.30. The fourth-order valence-electron chi connectivity index (χ4n) is 1.42. The minimum Gasteiger partial charge on any atom is -0.379 e. The summed E-state index contributed by atoms with van der Waals surface area (Å²) in [7, 11) is 0. The average molecular weight is 213 g/mol. The molecule has 0 bridgehead atoms. The number of hydrogen-bond acceptors (Lipinski definition) is 5. The fourth-order valence-corrected chi connectivity index (χ4v) is 2.33. The van der Waals surface area contributed by atoms with Gasteiger partial charge >= 0.3 is 0 Å². The van der Waals surface area contributed by atoms with Gasteiger partial charge in [0, 0.05) is 12.5 Å². The lowest BCUT2D eigenvalue weighted by Crippen LogP contribution is -2.36. The van der Waals surface area contributed by atoms with Crippen LogP contribution in [0.4, 0.5) is 0 Å². The third kappa shape index (κ3) is 1.67. The SMILES string of the molecule is CC(C)c1nsc(C2(N)CCOC2)n1. The van der Waals surface area contributed by atoms with Crippen molar-refractivity contribution in [3.63, 3.8) is 0 Å². The molecule has 14 heavy (non-hydrogen) atoms. The van der Waals surface area contributed by atoms with Crippen molar-refractivity contribution in [2.45, 2.75) is 31.7 Å². The Kier molecular flexibility index (Phi) is 2.55. The second-order valence-corrected chi connectivity index (χ2v) is 4.82. The second kappa shape index (κ2) is 3.56. The summed E-state index contributed by atoms with van der Waals surface area (Å²) >= 11 is 1.41. The van der Waals surface area contributed by atoms with E-state index < -0.39 is 0 Å². The van der Waals surface area contributed by atoms with Crippen molar-refractivity contribution in [3.8, 4) is 0 Å². The van der Waals surface area contributed by atoms with Crippen LogP contribution in [0.1, 0.15) is 37.0 Å². The van der Waals surface area contributed by atoms with Gasteiger partial charge in [-0.05, 0) is 18.0 Å². The molecule has 2 rings (SSSR count). The van der Waals surface area contributed by atoms with Gasteiger partial charge in [-0.25, -0.2) is 4.98 Å². The fraction of sp³-hybridized carbons (Fsp3) is 0.778. The first kappa shape index (κ1) is 10.0. The summed E-state index contributed by atoms with van der Waals surface area (Å²) in [5.41, 5.74) is 5.79. The van der Waals surface area contributed by atoms with Gasteiger partial charge in [-0.3, -0.25) is 0 Å². The van der Waals surface area contributed by atoms with Gasteiger partial charge in [0.25, 0.3) is 0 Å². The third-order valence-electron chi connectivity index (χ3n) is 2.44. The highest BCUT2D eigenvalue weighted by atomic mass is 32.1. The number of rotatable bonds is 2. The van der Waals surface area contributed by atoms with Crippen LogP contribution in [-0.2, 0) is 10.3 Å². The molecule has 1 aromatic heterocycles. The normalized spacial score (nSPS) is 27.4. The number of hydrogen-bond donors (Lipinski definition) is 1. The first-order valence-electron chi connectivity index (χ1n) is 4.82. The highest BCUT2D eigenvalue weighted by molar-refractivity contribution is 7.05. The zero-order valence-electron chi connectivity index (χ0n) is 8.49. The summed E-state index contributed by atoms with van der Waals surface area (Å²) in [6.07, 6.45) is 0.847. The molecule has 1 aromatic rings. The van der Waals surface area contributed by atoms with Crippen LogP contribution in [0.2, 0.25) is 0 Å². The molecule has 0 saturated carbocycles. The second-order valence-electron chi connectivity index (χ2n) is 4.07. The molecule has 5 heteroatoms. The summed E-state index contributed by atoms with van der Waals surface area (Å²) in [4.78, 5) is 4.47. The molecule has 0 amide bonds. The average Bonchev–Trinajstić information content (AvgIpc) is 2.71. The van der Waals surface area contributed by atoms with Gasteiger partial charge < -0.3 is 10.5 Å². The van der Waals surface area contributed by atoms with E-state index in [9.17, 15) is 0 Å². The van der Waals surface area contributed by atoms with E-state index in [0.29, 0.717) is 12.5 Å². The lowest BCUT2D eigenvalue weighted by molar-refractivity contribution is 0.178. The minimum atomic E-state index is -0.384. The number of nitrogens with zero attached hydrogens (tertiary/aromatic N) is 2. The van der Waals surface area contributed by atoms with Crippen molar-refractivity contribution < 1.29 is 4.74 Å². The molecule has 2 heterocycles. The Labute approximate surface area is 87.7 Å². The smallest absolute Gasteiger partial charge is 0.145 e. The Bertz CT molecular complexity index is 318. The molecule has 1 fully saturated rings. The summed E-state index contributed by atoms with van der Waals surface area (Å²) in [6, 6.07) is 0. The molecule has 0 spiro atoms. The van der Waals surface area contributed by atoms with Crippen LogP contribution in [0, 0.1) is 0 Å². The largest absolute Gasteiger partial charge is 0.379 e. The van der Waals surface area contributed by atoms with Gasteiger partial charge in [-0.2, -0.15) is 4.37 Å². The van der Waals surface area contributed by atoms with Gasteiger partial charge in [0.1, 0.15) is 10.8 Å². The zero-order chi connectivity index (χ0) is 10.2. The van der Waals surface area contributed by atoms with Gasteiger partial charge in [-0.15, -0.1) is 0 Å². The van der Waals surface area contributed by atoms with Crippen LogP contribution >= 0.6 is 11.5 Å². The van der Waals surface area contributed by atoms with Crippen molar-refractivity contribution >= 4 is 11.5 Å². The maximum Gasteiger partial charge on any atom is 0.145 e. The molecule has 1 aliphatic rings. The van der Waals surface area contributed by atoms with Crippen LogP contribution in [0.5, 0.6) is 0 Å². The molecular weight excluding hydrogens is 198 g/mol. The summed E-state index contributed by atoms with van der Waals surface area (Å²) in [5, 5.41) is 0.915. The monoisotopic (exact) mass is 213 g/mol. The van der Waals surface area contributed by atoms with Gasteiger partial charge in [0.15, 0.2) is 0 Å². The molecule has 1 aliphatic heterocycles. The topological polar surface area (TPSA) is 61.0 Å². The third-order valence-corrected chi connectivity index (χ3v) is 3.39. The van der Waals surface area contributed by atoms with Crippen LogP contribution in [0.15, 0.2) is 0 Å². The van der Waals surface area contributed by atoms with Crippen molar-refractivity contribution in [3.05, 3.63) is 10.8 Å². The highest BCUT2D eigenvalue weighted by Gasteiger charge is 2.36. The molecule has 78 valence electrons. The van der Waals surface area contributed by atoms with Crippen LogP contribution in [0.3, 0.4) is 0 Å². The molecule has 2 N–H and O–H groups in total. The Balaban J connectivity index is 2.23. The molecule has 0 radical (unpaired) electrons. The number of ether oxygens (including phenoxy) is 1. The van der Waals surface area contributed by atoms with E-state index in [4.69, 9.17) is 10.5 Å². The summed E-state index contributed by atoms with van der Waals surface area (Å²) in [5.74, 6) is 1.26. The number of aromatic nitrogens is 2. The van der Waals surface area contributed by atoms with E-state index in [1.165, 1.54) is 11.5 Å². The summed E-state index contributed by atoms with van der Waals surface area (Å²) < 4.78 is 9.60. The predicted octanol–water partition coefficient (Wildman–Crippen LogP) is 1.24. The highest BCUT2D eigenvalue weighted by Crippen LogP contribution is 2.29. The van der Waals surface area contributed by atoms with Crippen LogP contribution in [-0.4, -0.2) is 22.6 Å². The van der Waals surface area contributed by atoms with Gasteiger partial charge in [0.2, 0.25) is 0 Å². The van der Waals surface area contributed by atoms with E-state index in [2.05, 4.69) is 23.2 Å². The van der Waals surface area contributed by atoms with Crippen molar-refractivity contribution in [1.82, 2.24) is 9.36 Å². The molecule has 1 atom stereocenters. The van der Waals surface area contributed by atoms with Gasteiger partial charge in [-0.1, -0.05) is 13.8 Å². The lowest BCUT2D eigenvalue weighted by Gasteiger charge is -2.17. The van der Waals surface area contributed by atoms with E-state index in [1.54, 1.807) is 0 Å². The molecular formula is C9H15N3OS. The van der Waals surface area contributed by atoms with Crippen LogP contribution in [0.25, 0.3) is 0 Å². The Morgan fingerprint density at radius 3 is 2.86 bits per heavy atom. The Morgan fingerprint density at radius 2 is 2.36 bits per heavy atom. The molecule has 1 unspecified atom stereocenters. The lowest BCUT2D eigenvalue weighted by atomic mass is 10.0. The standard InChI is InChI=1S/C9H15N3OS/c1-6(2)7-11-8(14-12-7)9(10)3-4-13-5-9/h6H,3-5,10H2,1-2H3. The first-order valence-corrected chi connectivity index (χ1v) is 5.60. The Hall–Kier alpha value is -0.520. The Morgan fingerprint density at radius 1 is 1.57 bits per heavy atom. The quantitative estimate of drug-likeness (QED) is 0.802. The van der Waals surface area contributed by atoms with Crippen molar-refractivity contribution in [2.75, 3.05) is 13.2 Å². The molecule has 0 aromatic carbocycles. The summed E-state index contributed by atoms with van der Waals surface area (Å²) in [6.45, 7) is 5.47. The van der Waals surface area contributed by atoms with Crippen LogP contribution < -0.4 is 5.73 Å². The predicted molar refractivity (Wildman–Crippen MR) is 55.3 cm³/mol. The van der Waals surface area contributed by atoms with E-state index in [-0.39, 0.29) is 5.54 Å². The molecule has 4 nitrogen and oxygen atoms in total. The van der Waals surface area contributed by atoms with E-state index in [0.717, 1.165) is 23.9 Å². The maximum atomic E-state index is 6.18. The maximum absolute atomic E-state index is 6.18. The van der Waals surface area contributed by atoms with Crippen molar-refractivity contribution in [1.29, 1.82) is 0 Å². The molecule has 1 saturated heterocycles. The van der Waals surface area contributed by atoms with Crippen molar-refractivity contribution in [2.24, 2.45) is 5.73 Å². The van der Waals surface area contributed by atoms with E-state index >= 15 is 0 Å². The first-order chi connectivity index (χ1) is 6.62. The van der Waals surface area contributed by atoms with Gasteiger partial charge in [0.05, 0.1) is 12.1 Å².